The Morgan fingerprint density at radius 1 is 1.12 bits per heavy atom. The number of hydrogen-bond acceptors (Lipinski definition) is 5. The first-order valence-electron chi connectivity index (χ1n) is 7.55. The zero-order valence-corrected chi connectivity index (χ0v) is 15.1. The molecule has 0 amide bonds. The summed E-state index contributed by atoms with van der Waals surface area (Å²) >= 11 is 2.24. The number of halogens is 1. The molecule has 0 radical (unpaired) electrons. The van der Waals surface area contributed by atoms with Crippen molar-refractivity contribution in [1.82, 2.24) is 15.4 Å². The fourth-order valence-corrected chi connectivity index (χ4v) is 2.93. The Morgan fingerprint density at radius 2 is 1.83 bits per heavy atom. The summed E-state index contributed by atoms with van der Waals surface area (Å²) < 4.78 is 1.13. The van der Waals surface area contributed by atoms with Crippen LogP contribution in [0.5, 0.6) is 5.75 Å². The van der Waals surface area contributed by atoms with Gasteiger partial charge in [0.2, 0.25) is 5.96 Å². The second-order valence-electron chi connectivity index (χ2n) is 5.34. The van der Waals surface area contributed by atoms with Crippen LogP contribution in [0, 0.1) is 3.57 Å². The van der Waals surface area contributed by atoms with E-state index < -0.39 is 0 Å². The SMILES string of the molecule is ONC(=Nc1ccc(I)cc1)N1CCN(c2ncccc2O)CC1. The highest BCUT2D eigenvalue weighted by Crippen LogP contribution is 2.24. The maximum absolute atomic E-state index is 9.91. The topological polar surface area (TPSA) is 84.2 Å². The van der Waals surface area contributed by atoms with Gasteiger partial charge in [-0.3, -0.25) is 5.21 Å². The lowest BCUT2D eigenvalue weighted by atomic mass is 10.3. The zero-order valence-electron chi connectivity index (χ0n) is 12.9. The fourth-order valence-electron chi connectivity index (χ4n) is 2.57. The average Bonchev–Trinajstić information content (AvgIpc) is 2.62. The zero-order chi connectivity index (χ0) is 16.9. The van der Waals surface area contributed by atoms with E-state index in [1.807, 2.05) is 34.1 Å². The lowest BCUT2D eigenvalue weighted by Crippen LogP contribution is -2.52. The summed E-state index contributed by atoms with van der Waals surface area (Å²) in [6.45, 7) is 2.68. The lowest BCUT2D eigenvalue weighted by Gasteiger charge is -2.36. The van der Waals surface area contributed by atoms with Crippen molar-refractivity contribution in [2.75, 3.05) is 31.1 Å². The van der Waals surface area contributed by atoms with Gasteiger partial charge >= 0.3 is 0 Å². The number of hydrogen-bond donors (Lipinski definition) is 3. The molecule has 3 rings (SSSR count). The number of hydroxylamine groups is 1. The van der Waals surface area contributed by atoms with E-state index in [1.165, 1.54) is 0 Å². The maximum Gasteiger partial charge on any atom is 0.223 e. The van der Waals surface area contributed by atoms with Gasteiger partial charge in [0.25, 0.3) is 0 Å². The molecule has 24 heavy (non-hydrogen) atoms. The Kier molecular flexibility index (Phi) is 5.36. The van der Waals surface area contributed by atoms with E-state index in [0.29, 0.717) is 38.0 Å². The number of aromatic nitrogens is 1. The normalized spacial score (nSPS) is 15.5. The van der Waals surface area contributed by atoms with Crippen LogP contribution in [0.25, 0.3) is 0 Å². The van der Waals surface area contributed by atoms with Gasteiger partial charge in [-0.25, -0.2) is 15.5 Å². The number of nitrogens with zero attached hydrogens (tertiary/aromatic N) is 4. The Bertz CT molecular complexity index is 715. The minimum Gasteiger partial charge on any atom is -0.504 e. The van der Waals surface area contributed by atoms with Gasteiger partial charge in [-0.1, -0.05) is 0 Å². The molecule has 2 heterocycles. The number of nitrogens with one attached hydrogen (secondary N) is 1. The number of anilines is 1. The minimum atomic E-state index is 0.180. The molecule has 2 aromatic rings. The Morgan fingerprint density at radius 3 is 2.46 bits per heavy atom. The second-order valence-corrected chi connectivity index (χ2v) is 6.59. The van der Waals surface area contributed by atoms with Crippen molar-refractivity contribution in [3.8, 4) is 5.75 Å². The molecule has 0 spiro atoms. The molecular formula is C16H18IN5O2. The molecule has 1 aromatic carbocycles. The average molecular weight is 439 g/mol. The van der Waals surface area contributed by atoms with Crippen LogP contribution in [-0.2, 0) is 0 Å². The van der Waals surface area contributed by atoms with Crippen LogP contribution in [0.15, 0.2) is 47.6 Å². The van der Waals surface area contributed by atoms with E-state index in [1.54, 1.807) is 18.3 Å². The Labute approximate surface area is 153 Å². The van der Waals surface area contributed by atoms with Crippen LogP contribution in [0.4, 0.5) is 11.5 Å². The monoisotopic (exact) mass is 439 g/mol. The van der Waals surface area contributed by atoms with Gasteiger partial charge in [0.05, 0.1) is 5.69 Å². The van der Waals surface area contributed by atoms with Crippen LogP contribution < -0.4 is 10.4 Å². The van der Waals surface area contributed by atoms with Crippen LogP contribution in [0.3, 0.4) is 0 Å². The van der Waals surface area contributed by atoms with E-state index >= 15 is 0 Å². The molecule has 1 aromatic heterocycles. The maximum atomic E-state index is 9.91. The van der Waals surface area contributed by atoms with Crippen molar-refractivity contribution in [3.05, 3.63) is 46.2 Å². The minimum absolute atomic E-state index is 0.180. The third kappa shape index (κ3) is 3.88. The number of aliphatic imine (C=N–C) groups is 1. The number of benzene rings is 1. The quantitative estimate of drug-likeness (QED) is 0.288. The van der Waals surface area contributed by atoms with Gasteiger partial charge in [-0.2, -0.15) is 0 Å². The molecule has 3 N–H and O–H groups in total. The van der Waals surface area contributed by atoms with Gasteiger partial charge in [-0.05, 0) is 59.0 Å². The molecule has 0 bridgehead atoms. The van der Waals surface area contributed by atoms with Crippen molar-refractivity contribution >= 4 is 40.1 Å². The molecule has 1 aliphatic heterocycles. The van der Waals surface area contributed by atoms with Crippen molar-refractivity contribution in [1.29, 1.82) is 0 Å². The summed E-state index contributed by atoms with van der Waals surface area (Å²) in [7, 11) is 0. The summed E-state index contributed by atoms with van der Waals surface area (Å²) in [5, 5.41) is 19.3. The number of guanidine groups is 1. The lowest BCUT2D eigenvalue weighted by molar-refractivity contribution is 0.207. The molecule has 8 heteroatoms. The van der Waals surface area contributed by atoms with Gasteiger partial charge < -0.3 is 14.9 Å². The number of rotatable bonds is 2. The van der Waals surface area contributed by atoms with Crippen LogP contribution in [0.1, 0.15) is 0 Å². The molecule has 0 saturated carbocycles. The van der Waals surface area contributed by atoms with Crippen molar-refractivity contribution < 1.29 is 10.3 Å². The van der Waals surface area contributed by atoms with Crippen LogP contribution in [0.2, 0.25) is 0 Å². The van der Waals surface area contributed by atoms with E-state index in [-0.39, 0.29) is 5.75 Å². The van der Waals surface area contributed by atoms with Gasteiger partial charge in [0.15, 0.2) is 11.6 Å². The predicted molar refractivity (Wildman–Crippen MR) is 101 cm³/mol. The molecule has 0 atom stereocenters. The third-order valence-electron chi connectivity index (χ3n) is 3.81. The van der Waals surface area contributed by atoms with Gasteiger partial charge in [0.1, 0.15) is 0 Å². The molecular weight excluding hydrogens is 421 g/mol. The molecule has 1 fully saturated rings. The highest BCUT2D eigenvalue weighted by atomic mass is 127. The number of aromatic hydroxyl groups is 1. The summed E-state index contributed by atoms with van der Waals surface area (Å²) in [5.41, 5.74) is 2.97. The third-order valence-corrected chi connectivity index (χ3v) is 4.53. The van der Waals surface area contributed by atoms with E-state index in [4.69, 9.17) is 0 Å². The van der Waals surface area contributed by atoms with Crippen LogP contribution in [-0.4, -0.2) is 52.3 Å². The first-order valence-corrected chi connectivity index (χ1v) is 8.63. The van der Waals surface area contributed by atoms with Crippen molar-refractivity contribution in [2.45, 2.75) is 0 Å². The smallest absolute Gasteiger partial charge is 0.223 e. The summed E-state index contributed by atoms with van der Waals surface area (Å²) in [6, 6.07) is 11.1. The number of pyridine rings is 1. The molecule has 0 unspecified atom stereocenters. The Balaban J connectivity index is 1.68. The fraction of sp³-hybridized carbons (Fsp3) is 0.250. The molecule has 126 valence electrons. The van der Waals surface area contributed by atoms with Crippen LogP contribution >= 0.6 is 22.6 Å². The van der Waals surface area contributed by atoms with Gasteiger partial charge in [0, 0.05) is 35.9 Å². The summed E-state index contributed by atoms with van der Waals surface area (Å²) in [6.07, 6.45) is 1.67. The predicted octanol–water partition coefficient (Wildman–Crippen LogP) is 2.18. The molecule has 0 aliphatic carbocycles. The van der Waals surface area contributed by atoms with Crippen molar-refractivity contribution in [2.24, 2.45) is 4.99 Å². The number of piperazine rings is 1. The van der Waals surface area contributed by atoms with Gasteiger partial charge in [-0.15, -0.1) is 0 Å². The Hall–Kier alpha value is -2.07. The molecule has 1 saturated heterocycles. The van der Waals surface area contributed by atoms with E-state index in [0.717, 1.165) is 9.26 Å². The summed E-state index contributed by atoms with van der Waals surface area (Å²) in [5.74, 6) is 1.19. The largest absolute Gasteiger partial charge is 0.504 e. The van der Waals surface area contributed by atoms with E-state index in [2.05, 4.69) is 38.0 Å². The highest BCUT2D eigenvalue weighted by Gasteiger charge is 2.22. The second kappa shape index (κ2) is 7.67. The first-order chi connectivity index (χ1) is 11.7. The van der Waals surface area contributed by atoms with E-state index in [9.17, 15) is 10.3 Å². The standard InChI is InChI=1S/C16H18IN5O2/c17-12-3-5-13(6-4-12)19-16(20-24)22-10-8-21(9-11-22)15-14(23)2-1-7-18-15/h1-7,23-24H,8-11H2,(H,19,20). The molecule has 7 nitrogen and oxygen atoms in total. The molecule has 1 aliphatic rings. The highest BCUT2D eigenvalue weighted by molar-refractivity contribution is 14.1. The van der Waals surface area contributed by atoms with Crippen molar-refractivity contribution in [3.63, 3.8) is 0 Å². The first kappa shape index (κ1) is 16.8. The summed E-state index contributed by atoms with van der Waals surface area (Å²) in [4.78, 5) is 12.7.